The van der Waals surface area contributed by atoms with E-state index in [9.17, 15) is 18.0 Å². The van der Waals surface area contributed by atoms with E-state index in [0.29, 0.717) is 21.5 Å². The number of hydrogen-bond donors (Lipinski definition) is 1. The number of alkyl halides is 3. The maximum Gasteiger partial charge on any atom is 0.491 e. The third-order valence-corrected chi connectivity index (χ3v) is 3.58. The van der Waals surface area contributed by atoms with Crippen LogP contribution in [0.1, 0.15) is 0 Å². The Kier molecular flexibility index (Phi) is 4.79. The lowest BCUT2D eigenvalue weighted by atomic mass is 10.1. The number of halogens is 4. The van der Waals surface area contributed by atoms with Crippen molar-refractivity contribution in [3.63, 3.8) is 0 Å². The van der Waals surface area contributed by atoms with Crippen molar-refractivity contribution < 1.29 is 27.8 Å². The molecule has 0 saturated carbocycles. The SMILES string of the molecule is O=C(Oc1cc(-c2cc(Cl)cc3cnn(CCO)c23)ncn1)C(F)(F)F. The predicted molar refractivity (Wildman–Crippen MR) is 84.5 cm³/mol. The lowest BCUT2D eigenvalue weighted by Crippen LogP contribution is -2.28. The van der Waals surface area contributed by atoms with E-state index in [1.165, 1.54) is 16.9 Å². The van der Waals surface area contributed by atoms with Crippen LogP contribution in [-0.4, -0.2) is 43.6 Å². The van der Waals surface area contributed by atoms with Crippen LogP contribution in [0.2, 0.25) is 5.02 Å². The zero-order valence-electron chi connectivity index (χ0n) is 12.9. The smallest absolute Gasteiger partial charge is 0.401 e. The topological polar surface area (TPSA) is 90.1 Å². The van der Waals surface area contributed by atoms with Gasteiger partial charge in [0.15, 0.2) is 0 Å². The second kappa shape index (κ2) is 6.89. The van der Waals surface area contributed by atoms with Gasteiger partial charge >= 0.3 is 12.1 Å². The number of rotatable bonds is 4. The Balaban J connectivity index is 2.08. The Morgan fingerprint density at radius 1 is 1.27 bits per heavy atom. The van der Waals surface area contributed by atoms with Crippen LogP contribution in [0.15, 0.2) is 30.7 Å². The molecular weight excluding hydrogens is 377 g/mol. The van der Waals surface area contributed by atoms with Crippen molar-refractivity contribution in [2.75, 3.05) is 6.61 Å². The third kappa shape index (κ3) is 3.60. The van der Waals surface area contributed by atoms with Crippen molar-refractivity contribution in [1.82, 2.24) is 19.7 Å². The number of aliphatic hydroxyl groups is 1. The molecule has 2 heterocycles. The highest BCUT2D eigenvalue weighted by Crippen LogP contribution is 2.32. The minimum Gasteiger partial charge on any atom is -0.401 e. The Morgan fingerprint density at radius 3 is 2.73 bits per heavy atom. The molecule has 0 aliphatic heterocycles. The summed E-state index contributed by atoms with van der Waals surface area (Å²) in [6.45, 7) is 0.0240. The van der Waals surface area contributed by atoms with Gasteiger partial charge in [0.05, 0.1) is 30.6 Å². The molecular formula is C15H10ClF3N4O3. The van der Waals surface area contributed by atoms with Crippen LogP contribution >= 0.6 is 11.6 Å². The minimum absolute atomic E-state index is 0.170. The van der Waals surface area contributed by atoms with Crippen LogP contribution in [0.5, 0.6) is 5.88 Å². The number of nitrogens with zero attached hydrogens (tertiary/aromatic N) is 4. The largest absolute Gasteiger partial charge is 0.491 e. The van der Waals surface area contributed by atoms with Crippen molar-refractivity contribution in [1.29, 1.82) is 0 Å². The summed E-state index contributed by atoms with van der Waals surface area (Å²) in [7, 11) is 0. The molecule has 3 aromatic rings. The average Bonchev–Trinajstić information content (AvgIpc) is 2.96. The van der Waals surface area contributed by atoms with E-state index in [0.717, 1.165) is 12.4 Å². The van der Waals surface area contributed by atoms with Gasteiger partial charge in [0.1, 0.15) is 6.33 Å². The van der Waals surface area contributed by atoms with E-state index >= 15 is 0 Å². The van der Waals surface area contributed by atoms with Gasteiger partial charge < -0.3 is 9.84 Å². The minimum atomic E-state index is -5.14. The number of benzene rings is 1. The summed E-state index contributed by atoms with van der Waals surface area (Å²) in [6.07, 6.45) is -2.64. The van der Waals surface area contributed by atoms with Crippen molar-refractivity contribution in [2.24, 2.45) is 0 Å². The number of ether oxygens (including phenoxy) is 1. The number of carbonyl (C=O) groups is 1. The summed E-state index contributed by atoms with van der Waals surface area (Å²) in [5.74, 6) is -2.94. The molecule has 0 bridgehead atoms. The molecule has 0 atom stereocenters. The second-order valence-corrected chi connectivity index (χ2v) is 5.55. The van der Waals surface area contributed by atoms with Gasteiger partial charge in [-0.2, -0.15) is 18.3 Å². The molecule has 0 fully saturated rings. The summed E-state index contributed by atoms with van der Waals surface area (Å²) in [5.41, 5.74) is 1.18. The van der Waals surface area contributed by atoms with E-state index in [1.807, 2.05) is 0 Å². The molecule has 0 spiro atoms. The molecule has 0 radical (unpaired) electrons. The summed E-state index contributed by atoms with van der Waals surface area (Å²) in [6, 6.07) is 4.27. The van der Waals surface area contributed by atoms with Gasteiger partial charge in [0, 0.05) is 22.0 Å². The van der Waals surface area contributed by atoms with Crippen LogP contribution in [0.25, 0.3) is 22.2 Å². The first kappa shape index (κ1) is 18.1. The van der Waals surface area contributed by atoms with Crippen LogP contribution in [0.3, 0.4) is 0 Å². The number of fused-ring (bicyclic) bond motifs is 1. The fourth-order valence-electron chi connectivity index (χ4n) is 2.35. The summed E-state index contributed by atoms with van der Waals surface area (Å²) in [5, 5.41) is 14.3. The average molecular weight is 387 g/mol. The summed E-state index contributed by atoms with van der Waals surface area (Å²) >= 11 is 6.08. The Labute approximate surface area is 149 Å². The van der Waals surface area contributed by atoms with Gasteiger partial charge in [-0.1, -0.05) is 11.6 Å². The lowest BCUT2D eigenvalue weighted by molar-refractivity contribution is -0.190. The molecule has 0 amide bonds. The van der Waals surface area contributed by atoms with E-state index in [1.54, 1.807) is 6.07 Å². The van der Waals surface area contributed by atoms with Crippen LogP contribution in [0, 0.1) is 0 Å². The van der Waals surface area contributed by atoms with Crippen molar-refractivity contribution in [3.8, 4) is 17.1 Å². The number of hydrogen-bond acceptors (Lipinski definition) is 6. The lowest BCUT2D eigenvalue weighted by Gasteiger charge is -2.10. The monoisotopic (exact) mass is 386 g/mol. The molecule has 0 unspecified atom stereocenters. The molecule has 2 aromatic heterocycles. The maximum atomic E-state index is 12.3. The highest BCUT2D eigenvalue weighted by Gasteiger charge is 2.41. The number of aromatic nitrogens is 4. The Hall–Kier alpha value is -2.72. The third-order valence-electron chi connectivity index (χ3n) is 3.36. The highest BCUT2D eigenvalue weighted by atomic mass is 35.5. The van der Waals surface area contributed by atoms with Crippen LogP contribution in [0.4, 0.5) is 13.2 Å². The van der Waals surface area contributed by atoms with E-state index in [-0.39, 0.29) is 18.8 Å². The zero-order valence-corrected chi connectivity index (χ0v) is 13.6. The van der Waals surface area contributed by atoms with Gasteiger partial charge in [-0.05, 0) is 12.1 Å². The number of aliphatic hydroxyl groups excluding tert-OH is 1. The molecule has 26 heavy (non-hydrogen) atoms. The van der Waals surface area contributed by atoms with E-state index in [4.69, 9.17) is 16.7 Å². The van der Waals surface area contributed by atoms with Gasteiger partial charge in [-0.15, -0.1) is 0 Å². The van der Waals surface area contributed by atoms with Gasteiger partial charge in [-0.3, -0.25) is 4.68 Å². The molecule has 7 nitrogen and oxygen atoms in total. The van der Waals surface area contributed by atoms with Crippen molar-refractivity contribution >= 4 is 28.5 Å². The molecule has 1 N–H and O–H groups in total. The highest BCUT2D eigenvalue weighted by molar-refractivity contribution is 6.31. The first-order chi connectivity index (χ1) is 12.3. The Morgan fingerprint density at radius 2 is 2.04 bits per heavy atom. The fourth-order valence-corrected chi connectivity index (χ4v) is 2.58. The standard InChI is InChI=1S/C15H10ClF3N4O3/c16-9-3-8-6-22-23(1-2-24)13(8)10(4-9)11-5-12(21-7-20-11)26-14(25)15(17,18)19/h3-7,24H,1-2H2. The molecule has 0 saturated heterocycles. The Bertz CT molecular complexity index is 974. The van der Waals surface area contributed by atoms with Crippen LogP contribution < -0.4 is 4.74 Å². The molecule has 1 aromatic carbocycles. The van der Waals surface area contributed by atoms with Gasteiger partial charge in [0.2, 0.25) is 5.88 Å². The quantitative estimate of drug-likeness (QED) is 0.693. The van der Waals surface area contributed by atoms with Crippen LogP contribution in [-0.2, 0) is 11.3 Å². The predicted octanol–water partition coefficient (Wildman–Crippen LogP) is 2.61. The van der Waals surface area contributed by atoms with Crippen molar-refractivity contribution in [3.05, 3.63) is 35.7 Å². The molecule has 0 aliphatic carbocycles. The molecule has 11 heteroatoms. The maximum absolute atomic E-state index is 12.3. The number of esters is 1. The molecule has 136 valence electrons. The van der Waals surface area contributed by atoms with E-state index in [2.05, 4.69) is 19.8 Å². The first-order valence-electron chi connectivity index (χ1n) is 7.17. The van der Waals surface area contributed by atoms with Gasteiger partial charge in [0.25, 0.3) is 0 Å². The fraction of sp³-hybridized carbons (Fsp3) is 0.200. The first-order valence-corrected chi connectivity index (χ1v) is 7.54. The van der Waals surface area contributed by atoms with E-state index < -0.39 is 18.0 Å². The summed E-state index contributed by atoms with van der Waals surface area (Å²) in [4.78, 5) is 18.5. The van der Waals surface area contributed by atoms with Gasteiger partial charge in [-0.25, -0.2) is 14.8 Å². The van der Waals surface area contributed by atoms with Crippen molar-refractivity contribution in [2.45, 2.75) is 12.7 Å². The normalized spacial score (nSPS) is 11.7. The number of carbonyl (C=O) groups excluding carboxylic acids is 1. The second-order valence-electron chi connectivity index (χ2n) is 5.11. The molecule has 0 aliphatic rings. The molecule has 3 rings (SSSR count). The summed E-state index contributed by atoms with van der Waals surface area (Å²) < 4.78 is 42.8. The zero-order chi connectivity index (χ0) is 18.9.